The van der Waals surface area contributed by atoms with Gasteiger partial charge in [-0.15, -0.1) is 0 Å². The molecule has 0 radical (unpaired) electrons. The second-order valence-electron chi connectivity index (χ2n) is 7.14. The van der Waals surface area contributed by atoms with Crippen molar-refractivity contribution in [2.75, 3.05) is 14.2 Å². The van der Waals surface area contributed by atoms with Crippen LogP contribution < -0.4 is 4.74 Å². The standard InChI is InChI=1S/C25H22ClN3O2/c1-28(17-18-10-9-13-20(26)16-18)24(30)22-23(19-11-5-3-6-12-19)27-29(25(22)31-2)21-14-7-4-8-15-21/h3-16H,17H2,1-2H3. The summed E-state index contributed by atoms with van der Waals surface area (Å²) < 4.78 is 7.37. The first-order valence-electron chi connectivity index (χ1n) is 9.86. The zero-order valence-corrected chi connectivity index (χ0v) is 18.1. The SMILES string of the molecule is COc1c(C(=O)N(C)Cc2cccc(Cl)c2)c(-c2ccccc2)nn1-c1ccccc1. The molecule has 0 atom stereocenters. The number of carbonyl (C=O) groups is 1. The van der Waals surface area contributed by atoms with Gasteiger partial charge >= 0.3 is 0 Å². The van der Waals surface area contributed by atoms with Gasteiger partial charge in [0.1, 0.15) is 11.3 Å². The zero-order chi connectivity index (χ0) is 21.8. The van der Waals surface area contributed by atoms with Crippen molar-refractivity contribution >= 4 is 17.5 Å². The average molecular weight is 432 g/mol. The fraction of sp³-hybridized carbons (Fsp3) is 0.120. The van der Waals surface area contributed by atoms with Crippen molar-refractivity contribution in [3.63, 3.8) is 0 Å². The van der Waals surface area contributed by atoms with Crippen molar-refractivity contribution < 1.29 is 9.53 Å². The molecule has 31 heavy (non-hydrogen) atoms. The molecule has 0 spiro atoms. The summed E-state index contributed by atoms with van der Waals surface area (Å²) in [6.45, 7) is 0.410. The molecular formula is C25H22ClN3O2. The smallest absolute Gasteiger partial charge is 0.261 e. The Labute approximate surface area is 186 Å². The van der Waals surface area contributed by atoms with E-state index >= 15 is 0 Å². The first kappa shape index (κ1) is 20.7. The molecule has 4 rings (SSSR count). The Bertz CT molecular complexity index is 1190. The van der Waals surface area contributed by atoms with Crippen LogP contribution >= 0.6 is 11.6 Å². The van der Waals surface area contributed by atoms with Gasteiger partial charge in [-0.1, -0.05) is 72.3 Å². The Hall–Kier alpha value is -3.57. The molecule has 0 aliphatic carbocycles. The van der Waals surface area contributed by atoms with Crippen molar-refractivity contribution in [1.29, 1.82) is 0 Å². The summed E-state index contributed by atoms with van der Waals surface area (Å²) in [6.07, 6.45) is 0. The first-order valence-corrected chi connectivity index (χ1v) is 10.2. The number of hydrogen-bond acceptors (Lipinski definition) is 3. The third-order valence-electron chi connectivity index (χ3n) is 4.95. The van der Waals surface area contributed by atoms with Crippen molar-refractivity contribution in [3.8, 4) is 22.8 Å². The Balaban J connectivity index is 1.81. The van der Waals surface area contributed by atoms with Crippen LogP contribution in [0.2, 0.25) is 5.02 Å². The van der Waals surface area contributed by atoms with Crippen LogP contribution in [0.25, 0.3) is 16.9 Å². The number of benzene rings is 3. The largest absolute Gasteiger partial charge is 0.480 e. The van der Waals surface area contributed by atoms with E-state index in [1.165, 1.54) is 0 Å². The van der Waals surface area contributed by atoms with Crippen LogP contribution in [0.5, 0.6) is 5.88 Å². The lowest BCUT2D eigenvalue weighted by Gasteiger charge is -2.18. The van der Waals surface area contributed by atoms with Crippen LogP contribution in [0.15, 0.2) is 84.9 Å². The lowest BCUT2D eigenvalue weighted by Crippen LogP contribution is -2.27. The third-order valence-corrected chi connectivity index (χ3v) is 5.19. The number of amides is 1. The molecule has 0 aliphatic heterocycles. The van der Waals surface area contributed by atoms with Gasteiger partial charge < -0.3 is 9.64 Å². The molecule has 4 aromatic rings. The summed E-state index contributed by atoms with van der Waals surface area (Å²) in [4.78, 5) is 15.3. The minimum atomic E-state index is -0.183. The number of methoxy groups -OCH3 is 1. The summed E-state index contributed by atoms with van der Waals surface area (Å²) >= 11 is 6.11. The normalized spacial score (nSPS) is 10.7. The van der Waals surface area contributed by atoms with E-state index in [-0.39, 0.29) is 5.91 Å². The van der Waals surface area contributed by atoms with E-state index in [9.17, 15) is 4.79 Å². The summed E-state index contributed by atoms with van der Waals surface area (Å²) in [5, 5.41) is 5.41. The van der Waals surface area contributed by atoms with E-state index in [1.807, 2.05) is 84.9 Å². The van der Waals surface area contributed by atoms with Crippen LogP contribution in [0.4, 0.5) is 0 Å². The van der Waals surface area contributed by atoms with Crippen molar-refractivity contribution in [3.05, 3.63) is 101 Å². The Morgan fingerprint density at radius 3 is 2.32 bits per heavy atom. The maximum atomic E-state index is 13.6. The Morgan fingerprint density at radius 1 is 1.00 bits per heavy atom. The molecule has 0 aliphatic rings. The number of para-hydroxylation sites is 1. The van der Waals surface area contributed by atoms with Gasteiger partial charge in [0, 0.05) is 24.2 Å². The number of ether oxygens (including phenoxy) is 1. The summed E-state index contributed by atoms with van der Waals surface area (Å²) in [6, 6.07) is 26.8. The Kier molecular flexibility index (Phi) is 6.05. The van der Waals surface area contributed by atoms with Gasteiger partial charge in [0.25, 0.3) is 5.91 Å². The number of halogens is 1. The molecule has 5 nitrogen and oxygen atoms in total. The number of hydrogen-bond donors (Lipinski definition) is 0. The van der Waals surface area contributed by atoms with E-state index in [4.69, 9.17) is 21.4 Å². The van der Waals surface area contributed by atoms with E-state index in [0.717, 1.165) is 16.8 Å². The van der Waals surface area contributed by atoms with Crippen molar-refractivity contribution in [1.82, 2.24) is 14.7 Å². The molecule has 1 heterocycles. The Morgan fingerprint density at radius 2 is 1.68 bits per heavy atom. The minimum Gasteiger partial charge on any atom is -0.480 e. The third kappa shape index (κ3) is 4.32. The summed E-state index contributed by atoms with van der Waals surface area (Å²) in [5.41, 5.74) is 3.59. The molecule has 0 N–H and O–H groups in total. The molecule has 0 unspecified atom stereocenters. The van der Waals surface area contributed by atoms with Crippen molar-refractivity contribution in [2.45, 2.75) is 6.54 Å². The average Bonchev–Trinajstić information content (AvgIpc) is 3.19. The van der Waals surface area contributed by atoms with Gasteiger partial charge in [-0.05, 0) is 29.8 Å². The molecule has 6 heteroatoms. The van der Waals surface area contributed by atoms with Gasteiger partial charge in [0.2, 0.25) is 5.88 Å². The molecule has 0 bridgehead atoms. The predicted octanol–water partition coefficient (Wildman–Crippen LogP) is 5.47. The highest BCUT2D eigenvalue weighted by Crippen LogP contribution is 2.33. The maximum absolute atomic E-state index is 13.6. The number of nitrogens with zero attached hydrogens (tertiary/aromatic N) is 3. The fourth-order valence-corrected chi connectivity index (χ4v) is 3.71. The van der Waals surface area contributed by atoms with E-state index in [0.29, 0.717) is 28.7 Å². The highest BCUT2D eigenvalue weighted by atomic mass is 35.5. The number of rotatable bonds is 6. The van der Waals surface area contributed by atoms with Crippen LogP contribution in [0.3, 0.4) is 0 Å². The van der Waals surface area contributed by atoms with Gasteiger partial charge in [-0.2, -0.15) is 9.78 Å². The molecule has 1 amide bonds. The first-order chi connectivity index (χ1) is 15.1. The highest BCUT2D eigenvalue weighted by Gasteiger charge is 2.28. The van der Waals surface area contributed by atoms with Crippen LogP contribution in [-0.4, -0.2) is 34.7 Å². The maximum Gasteiger partial charge on any atom is 0.261 e. The monoisotopic (exact) mass is 431 g/mol. The van der Waals surface area contributed by atoms with Crippen LogP contribution in [0, 0.1) is 0 Å². The lowest BCUT2D eigenvalue weighted by atomic mass is 10.1. The summed E-state index contributed by atoms with van der Waals surface area (Å²) in [5.74, 6) is 0.214. The zero-order valence-electron chi connectivity index (χ0n) is 17.3. The molecule has 156 valence electrons. The van der Waals surface area contributed by atoms with Gasteiger partial charge in [0.05, 0.1) is 12.8 Å². The van der Waals surface area contributed by atoms with Gasteiger partial charge in [0.15, 0.2) is 0 Å². The summed E-state index contributed by atoms with van der Waals surface area (Å²) in [7, 11) is 3.32. The number of aromatic nitrogens is 2. The highest BCUT2D eigenvalue weighted by molar-refractivity contribution is 6.30. The quantitative estimate of drug-likeness (QED) is 0.406. The predicted molar refractivity (Wildman–Crippen MR) is 123 cm³/mol. The molecule has 0 saturated carbocycles. The number of carbonyl (C=O) groups excluding carboxylic acids is 1. The van der Waals surface area contributed by atoms with E-state index in [1.54, 1.807) is 23.7 Å². The molecular weight excluding hydrogens is 410 g/mol. The van der Waals surface area contributed by atoms with Gasteiger partial charge in [-0.3, -0.25) is 4.79 Å². The van der Waals surface area contributed by atoms with Crippen LogP contribution in [0.1, 0.15) is 15.9 Å². The van der Waals surface area contributed by atoms with Crippen LogP contribution in [-0.2, 0) is 6.54 Å². The minimum absolute atomic E-state index is 0.183. The van der Waals surface area contributed by atoms with Gasteiger partial charge in [-0.25, -0.2) is 0 Å². The second-order valence-corrected chi connectivity index (χ2v) is 7.57. The van der Waals surface area contributed by atoms with E-state index < -0.39 is 0 Å². The molecule has 3 aromatic carbocycles. The van der Waals surface area contributed by atoms with E-state index in [2.05, 4.69) is 0 Å². The molecule has 0 fully saturated rings. The lowest BCUT2D eigenvalue weighted by molar-refractivity contribution is 0.0782. The van der Waals surface area contributed by atoms with Crippen molar-refractivity contribution in [2.24, 2.45) is 0 Å². The fourth-order valence-electron chi connectivity index (χ4n) is 3.50. The topological polar surface area (TPSA) is 47.4 Å². The second kappa shape index (κ2) is 9.06. The molecule has 1 aromatic heterocycles. The molecule has 0 saturated heterocycles.